The molecule has 1 saturated heterocycles. The lowest BCUT2D eigenvalue weighted by Crippen LogP contribution is -2.45. The number of urea groups is 1. The lowest BCUT2D eigenvalue weighted by molar-refractivity contribution is -0.131. The number of aryl methyl sites for hydroxylation is 1. The predicted molar refractivity (Wildman–Crippen MR) is 62.7 cm³/mol. The number of hydrazine groups is 1. The van der Waals surface area contributed by atoms with Crippen molar-refractivity contribution in [3.05, 3.63) is 35.9 Å². The van der Waals surface area contributed by atoms with Crippen molar-refractivity contribution >= 4 is 11.9 Å². The first-order valence-electron chi connectivity index (χ1n) is 5.48. The van der Waals surface area contributed by atoms with Gasteiger partial charge in [-0.05, 0) is 25.3 Å². The van der Waals surface area contributed by atoms with Gasteiger partial charge in [0.1, 0.15) is 5.54 Å². The third-order valence-electron chi connectivity index (χ3n) is 3.05. The summed E-state index contributed by atoms with van der Waals surface area (Å²) in [6, 6.07) is 9.28. The van der Waals surface area contributed by atoms with Gasteiger partial charge in [0.15, 0.2) is 0 Å². The first kappa shape index (κ1) is 11.6. The molecule has 0 spiro atoms. The summed E-state index contributed by atoms with van der Waals surface area (Å²) in [4.78, 5) is 23.1. The number of carbonyl (C=O) groups is 2. The van der Waals surface area contributed by atoms with Crippen molar-refractivity contribution in [2.75, 3.05) is 0 Å². The minimum atomic E-state index is -0.887. The molecule has 1 aliphatic rings. The number of amides is 3. The number of rotatable bonds is 3. The van der Waals surface area contributed by atoms with Gasteiger partial charge in [0.2, 0.25) is 0 Å². The van der Waals surface area contributed by atoms with Crippen LogP contribution >= 0.6 is 0 Å². The fraction of sp³-hybridized carbons (Fsp3) is 0.333. The van der Waals surface area contributed by atoms with E-state index in [0.717, 1.165) is 12.0 Å². The van der Waals surface area contributed by atoms with Crippen molar-refractivity contribution in [1.82, 2.24) is 10.3 Å². The average molecular weight is 233 g/mol. The first-order valence-corrected chi connectivity index (χ1v) is 5.48. The normalized spacial score (nSPS) is 24.0. The Morgan fingerprint density at radius 3 is 2.47 bits per heavy atom. The molecule has 0 radical (unpaired) electrons. The average Bonchev–Trinajstić information content (AvgIpc) is 2.53. The summed E-state index contributed by atoms with van der Waals surface area (Å²) in [5, 5.41) is 3.26. The van der Waals surface area contributed by atoms with E-state index in [1.807, 2.05) is 30.3 Å². The molecule has 0 aliphatic carbocycles. The number of hydrogen-bond donors (Lipinski definition) is 2. The molecule has 90 valence electrons. The van der Waals surface area contributed by atoms with Gasteiger partial charge >= 0.3 is 6.03 Å². The van der Waals surface area contributed by atoms with Gasteiger partial charge < -0.3 is 5.32 Å². The number of benzene rings is 1. The SMILES string of the molecule is CC1(CCc2ccccc2)NC(=O)N(N)C1=O. The van der Waals surface area contributed by atoms with E-state index in [4.69, 9.17) is 5.84 Å². The van der Waals surface area contributed by atoms with Crippen molar-refractivity contribution in [3.8, 4) is 0 Å². The Balaban J connectivity index is 2.04. The van der Waals surface area contributed by atoms with Crippen LogP contribution in [-0.4, -0.2) is 22.5 Å². The monoisotopic (exact) mass is 233 g/mol. The Morgan fingerprint density at radius 1 is 1.29 bits per heavy atom. The molecule has 1 aromatic carbocycles. The zero-order valence-corrected chi connectivity index (χ0v) is 9.64. The van der Waals surface area contributed by atoms with Gasteiger partial charge in [0, 0.05) is 0 Å². The molecule has 5 nitrogen and oxygen atoms in total. The van der Waals surface area contributed by atoms with Crippen LogP contribution in [0, 0.1) is 0 Å². The van der Waals surface area contributed by atoms with Crippen LogP contribution in [0.1, 0.15) is 18.9 Å². The van der Waals surface area contributed by atoms with Gasteiger partial charge in [-0.15, -0.1) is 0 Å². The molecule has 1 unspecified atom stereocenters. The standard InChI is InChI=1S/C12H15N3O2/c1-12(10(16)15(13)11(17)14-12)8-7-9-5-3-2-4-6-9/h2-6H,7-8,13H2,1H3,(H,14,17). The van der Waals surface area contributed by atoms with E-state index in [1.54, 1.807) is 6.92 Å². The zero-order valence-electron chi connectivity index (χ0n) is 9.64. The Hall–Kier alpha value is -1.88. The van der Waals surface area contributed by atoms with Crippen LogP contribution in [-0.2, 0) is 11.2 Å². The lowest BCUT2D eigenvalue weighted by atomic mass is 9.93. The Labute approximate surface area is 99.6 Å². The van der Waals surface area contributed by atoms with Crippen LogP contribution in [0.15, 0.2) is 30.3 Å². The fourth-order valence-electron chi connectivity index (χ4n) is 1.92. The maximum atomic E-state index is 11.8. The molecule has 2 rings (SSSR count). The molecule has 3 amide bonds. The topological polar surface area (TPSA) is 75.4 Å². The minimum absolute atomic E-state index is 0.376. The molecule has 0 saturated carbocycles. The van der Waals surface area contributed by atoms with Gasteiger partial charge in [-0.25, -0.2) is 10.6 Å². The molecule has 1 atom stereocenters. The summed E-state index contributed by atoms with van der Waals surface area (Å²) in [6.45, 7) is 1.70. The van der Waals surface area contributed by atoms with E-state index >= 15 is 0 Å². The van der Waals surface area contributed by atoms with Crippen molar-refractivity contribution in [2.24, 2.45) is 5.84 Å². The Bertz CT molecular complexity index is 446. The highest BCUT2D eigenvalue weighted by molar-refractivity contribution is 6.06. The Kier molecular flexibility index (Phi) is 2.85. The molecule has 5 heteroatoms. The van der Waals surface area contributed by atoms with E-state index < -0.39 is 11.6 Å². The van der Waals surface area contributed by atoms with Gasteiger partial charge in [0.05, 0.1) is 0 Å². The van der Waals surface area contributed by atoms with Crippen LogP contribution in [0.3, 0.4) is 0 Å². The number of imide groups is 1. The van der Waals surface area contributed by atoms with Crippen molar-refractivity contribution in [1.29, 1.82) is 0 Å². The lowest BCUT2D eigenvalue weighted by Gasteiger charge is -2.20. The summed E-state index contributed by atoms with van der Waals surface area (Å²) in [5.74, 6) is 4.96. The second-order valence-electron chi connectivity index (χ2n) is 4.42. The highest BCUT2D eigenvalue weighted by Crippen LogP contribution is 2.21. The molecule has 0 aromatic heterocycles. The van der Waals surface area contributed by atoms with Crippen LogP contribution in [0.25, 0.3) is 0 Å². The number of hydrogen-bond acceptors (Lipinski definition) is 3. The molecular formula is C12H15N3O2. The van der Waals surface area contributed by atoms with E-state index in [2.05, 4.69) is 5.32 Å². The van der Waals surface area contributed by atoms with Gasteiger partial charge in [-0.1, -0.05) is 30.3 Å². The molecule has 1 aliphatic heterocycles. The predicted octanol–water partition coefficient (Wildman–Crippen LogP) is 0.803. The molecule has 3 N–H and O–H groups in total. The van der Waals surface area contributed by atoms with Gasteiger partial charge in [-0.2, -0.15) is 5.01 Å². The first-order chi connectivity index (χ1) is 8.03. The highest BCUT2D eigenvalue weighted by Gasteiger charge is 2.46. The second-order valence-corrected chi connectivity index (χ2v) is 4.42. The molecule has 1 fully saturated rings. The summed E-state index contributed by atoms with van der Waals surface area (Å²) in [6.07, 6.45) is 1.26. The summed E-state index contributed by atoms with van der Waals surface area (Å²) < 4.78 is 0. The molecule has 1 heterocycles. The maximum Gasteiger partial charge on any atom is 0.339 e. The van der Waals surface area contributed by atoms with Crippen LogP contribution < -0.4 is 11.2 Å². The smallest absolute Gasteiger partial charge is 0.322 e. The van der Waals surface area contributed by atoms with Crippen LogP contribution in [0.2, 0.25) is 0 Å². The molecular weight excluding hydrogens is 218 g/mol. The van der Waals surface area contributed by atoms with Gasteiger partial charge in [-0.3, -0.25) is 4.79 Å². The van der Waals surface area contributed by atoms with Crippen molar-refractivity contribution in [3.63, 3.8) is 0 Å². The number of nitrogens with zero attached hydrogens (tertiary/aromatic N) is 1. The summed E-state index contributed by atoms with van der Waals surface area (Å²) in [5.41, 5.74) is 0.244. The number of nitrogens with two attached hydrogens (primary N) is 1. The van der Waals surface area contributed by atoms with Crippen LogP contribution in [0.5, 0.6) is 0 Å². The molecule has 1 aromatic rings. The number of nitrogens with one attached hydrogen (secondary N) is 1. The van der Waals surface area contributed by atoms with Gasteiger partial charge in [0.25, 0.3) is 5.91 Å². The third-order valence-corrected chi connectivity index (χ3v) is 3.05. The Morgan fingerprint density at radius 2 is 1.94 bits per heavy atom. The summed E-state index contributed by atoms with van der Waals surface area (Å²) >= 11 is 0. The molecule has 0 bridgehead atoms. The maximum absolute atomic E-state index is 11.8. The second kappa shape index (κ2) is 4.18. The minimum Gasteiger partial charge on any atom is -0.322 e. The van der Waals surface area contributed by atoms with Crippen molar-refractivity contribution < 1.29 is 9.59 Å². The van der Waals surface area contributed by atoms with Crippen molar-refractivity contribution in [2.45, 2.75) is 25.3 Å². The van der Waals surface area contributed by atoms with Crippen LogP contribution in [0.4, 0.5) is 4.79 Å². The largest absolute Gasteiger partial charge is 0.339 e. The van der Waals surface area contributed by atoms with E-state index in [0.29, 0.717) is 11.4 Å². The fourth-order valence-corrected chi connectivity index (χ4v) is 1.92. The zero-order chi connectivity index (χ0) is 12.5. The quantitative estimate of drug-likeness (QED) is 0.460. The van der Waals surface area contributed by atoms with E-state index in [9.17, 15) is 9.59 Å². The summed E-state index contributed by atoms with van der Waals surface area (Å²) in [7, 11) is 0. The third kappa shape index (κ3) is 2.14. The van der Waals surface area contributed by atoms with E-state index in [1.165, 1.54) is 0 Å². The number of carbonyl (C=O) groups excluding carboxylic acids is 2. The molecule has 17 heavy (non-hydrogen) atoms. The van der Waals surface area contributed by atoms with E-state index in [-0.39, 0.29) is 5.91 Å². The highest BCUT2D eigenvalue weighted by atomic mass is 16.2.